The van der Waals surface area contributed by atoms with Crippen LogP contribution in [0, 0.1) is 12.8 Å². The van der Waals surface area contributed by atoms with Crippen molar-refractivity contribution in [3.05, 3.63) is 65.2 Å². The molecular weight excluding hydrogens is 348 g/mol. The summed E-state index contributed by atoms with van der Waals surface area (Å²) in [4.78, 5) is 12.4. The van der Waals surface area contributed by atoms with Crippen LogP contribution >= 0.6 is 0 Å². The predicted octanol–water partition coefficient (Wildman–Crippen LogP) is 3.25. The highest BCUT2D eigenvalue weighted by Crippen LogP contribution is 2.12. The molecule has 0 aliphatic heterocycles. The van der Waals surface area contributed by atoms with Gasteiger partial charge in [-0.1, -0.05) is 49.7 Å². The van der Waals surface area contributed by atoms with Crippen LogP contribution in [0.15, 0.2) is 53.4 Å². The van der Waals surface area contributed by atoms with Crippen LogP contribution in [0.5, 0.6) is 0 Å². The number of sulfonamides is 1. The zero-order chi connectivity index (χ0) is 19.2. The minimum Gasteiger partial charge on any atom is -0.348 e. The molecule has 0 aliphatic rings. The number of aryl methyl sites for hydroxylation is 1. The first-order chi connectivity index (χ1) is 12.3. The van der Waals surface area contributed by atoms with Crippen LogP contribution in [-0.2, 0) is 16.6 Å². The van der Waals surface area contributed by atoms with Crippen molar-refractivity contribution in [2.45, 2.75) is 38.6 Å². The summed E-state index contributed by atoms with van der Waals surface area (Å²) in [6, 6.07) is 14.0. The highest BCUT2D eigenvalue weighted by molar-refractivity contribution is 7.89. The van der Waals surface area contributed by atoms with Gasteiger partial charge >= 0.3 is 0 Å². The second kappa shape index (κ2) is 8.96. The van der Waals surface area contributed by atoms with Gasteiger partial charge < -0.3 is 5.32 Å². The summed E-state index contributed by atoms with van der Waals surface area (Å²) in [6.45, 7) is 6.84. The van der Waals surface area contributed by atoms with Gasteiger partial charge in [-0.05, 0) is 43.0 Å². The molecule has 0 heterocycles. The molecule has 1 amide bonds. The van der Waals surface area contributed by atoms with Gasteiger partial charge in [-0.15, -0.1) is 0 Å². The van der Waals surface area contributed by atoms with Crippen molar-refractivity contribution < 1.29 is 13.2 Å². The van der Waals surface area contributed by atoms with E-state index >= 15 is 0 Å². The molecule has 6 heteroatoms. The average Bonchev–Trinajstić information content (AvgIpc) is 2.60. The smallest absolute Gasteiger partial charge is 0.251 e. The van der Waals surface area contributed by atoms with Crippen LogP contribution in [-0.4, -0.2) is 20.9 Å². The molecule has 0 radical (unpaired) electrons. The lowest BCUT2D eigenvalue weighted by Gasteiger charge is -2.10. The van der Waals surface area contributed by atoms with Gasteiger partial charge in [0.2, 0.25) is 10.0 Å². The van der Waals surface area contributed by atoms with E-state index in [0.717, 1.165) is 17.5 Å². The van der Waals surface area contributed by atoms with E-state index in [0.29, 0.717) is 24.6 Å². The minimum atomic E-state index is -3.61. The van der Waals surface area contributed by atoms with Crippen LogP contribution < -0.4 is 10.0 Å². The number of hydrogen-bond donors (Lipinski definition) is 2. The van der Waals surface area contributed by atoms with Crippen molar-refractivity contribution in [1.82, 2.24) is 10.0 Å². The Morgan fingerprint density at radius 1 is 1.08 bits per heavy atom. The number of carbonyl (C=O) groups is 1. The molecule has 0 unspecified atom stereocenters. The SMILES string of the molecule is Cc1ccc(CNC(=O)c2cccc(S(=O)(=O)NCCC(C)C)c2)cc1. The van der Waals surface area contributed by atoms with Crippen LogP contribution in [0.4, 0.5) is 0 Å². The summed E-state index contributed by atoms with van der Waals surface area (Å²) in [5, 5.41) is 2.82. The van der Waals surface area contributed by atoms with Gasteiger partial charge in [0.1, 0.15) is 0 Å². The number of amides is 1. The third kappa shape index (κ3) is 5.97. The third-order valence-electron chi connectivity index (χ3n) is 3.99. The molecule has 26 heavy (non-hydrogen) atoms. The molecule has 0 bridgehead atoms. The Morgan fingerprint density at radius 2 is 1.77 bits per heavy atom. The molecule has 140 valence electrons. The predicted molar refractivity (Wildman–Crippen MR) is 103 cm³/mol. The Balaban J connectivity index is 2.02. The summed E-state index contributed by atoms with van der Waals surface area (Å²) < 4.78 is 27.3. The Morgan fingerprint density at radius 3 is 2.42 bits per heavy atom. The van der Waals surface area contributed by atoms with Gasteiger partial charge in [-0.25, -0.2) is 13.1 Å². The standard InChI is InChI=1S/C20H26N2O3S/c1-15(2)11-12-22-26(24,25)19-6-4-5-18(13-19)20(23)21-14-17-9-7-16(3)8-10-17/h4-10,13,15,22H,11-12,14H2,1-3H3,(H,21,23). The van der Waals surface area contributed by atoms with Gasteiger partial charge in [-0.2, -0.15) is 0 Å². The second-order valence-electron chi connectivity index (χ2n) is 6.78. The van der Waals surface area contributed by atoms with E-state index in [9.17, 15) is 13.2 Å². The van der Waals surface area contributed by atoms with Crippen LogP contribution in [0.2, 0.25) is 0 Å². The zero-order valence-corrected chi connectivity index (χ0v) is 16.3. The molecule has 0 fully saturated rings. The zero-order valence-electron chi connectivity index (χ0n) is 15.5. The number of carbonyl (C=O) groups excluding carboxylic acids is 1. The Hall–Kier alpha value is -2.18. The maximum atomic E-state index is 12.4. The van der Waals surface area contributed by atoms with Crippen molar-refractivity contribution in [3.63, 3.8) is 0 Å². The summed E-state index contributed by atoms with van der Waals surface area (Å²) in [6.07, 6.45) is 0.760. The maximum absolute atomic E-state index is 12.4. The lowest BCUT2D eigenvalue weighted by atomic mass is 10.1. The van der Waals surface area contributed by atoms with Crippen LogP contribution in [0.1, 0.15) is 41.8 Å². The summed E-state index contributed by atoms with van der Waals surface area (Å²) in [5.74, 6) is 0.112. The van der Waals surface area contributed by atoms with Gasteiger partial charge in [0.05, 0.1) is 4.90 Å². The molecule has 0 aliphatic carbocycles. The Kier molecular flexibility index (Phi) is 6.94. The van der Waals surface area contributed by atoms with E-state index in [1.165, 1.54) is 12.1 Å². The van der Waals surface area contributed by atoms with Gasteiger partial charge in [0.25, 0.3) is 5.91 Å². The molecule has 0 aromatic heterocycles. The molecule has 0 spiro atoms. The first-order valence-electron chi connectivity index (χ1n) is 8.71. The highest BCUT2D eigenvalue weighted by atomic mass is 32.2. The maximum Gasteiger partial charge on any atom is 0.251 e. The quantitative estimate of drug-likeness (QED) is 0.745. The minimum absolute atomic E-state index is 0.101. The van der Waals surface area contributed by atoms with Crippen LogP contribution in [0.3, 0.4) is 0 Å². The molecule has 5 nitrogen and oxygen atoms in total. The number of nitrogens with one attached hydrogen (secondary N) is 2. The van der Waals surface area contributed by atoms with Gasteiger partial charge in [0, 0.05) is 18.7 Å². The molecule has 2 N–H and O–H groups in total. The largest absolute Gasteiger partial charge is 0.348 e. The average molecular weight is 375 g/mol. The molecule has 0 atom stereocenters. The second-order valence-corrected chi connectivity index (χ2v) is 8.54. The normalized spacial score (nSPS) is 11.5. The van der Waals surface area contributed by atoms with E-state index in [-0.39, 0.29) is 10.8 Å². The molecule has 0 saturated carbocycles. The Bertz CT molecular complexity index is 844. The molecule has 0 saturated heterocycles. The van der Waals surface area contributed by atoms with Crippen molar-refractivity contribution in [2.75, 3.05) is 6.54 Å². The van der Waals surface area contributed by atoms with Gasteiger partial charge in [-0.3, -0.25) is 4.79 Å². The van der Waals surface area contributed by atoms with E-state index in [4.69, 9.17) is 0 Å². The Labute approximate surface area is 155 Å². The molecule has 2 aromatic rings. The van der Waals surface area contributed by atoms with E-state index in [1.807, 2.05) is 45.0 Å². The van der Waals surface area contributed by atoms with Crippen molar-refractivity contribution in [2.24, 2.45) is 5.92 Å². The van der Waals surface area contributed by atoms with Crippen molar-refractivity contribution >= 4 is 15.9 Å². The molecular formula is C20H26N2O3S. The third-order valence-corrected chi connectivity index (χ3v) is 5.45. The monoisotopic (exact) mass is 374 g/mol. The molecule has 2 aromatic carbocycles. The van der Waals surface area contributed by atoms with Gasteiger partial charge in [0.15, 0.2) is 0 Å². The fourth-order valence-corrected chi connectivity index (χ4v) is 3.45. The number of rotatable bonds is 8. The molecule has 2 rings (SSSR count). The fraction of sp³-hybridized carbons (Fsp3) is 0.350. The summed E-state index contributed by atoms with van der Waals surface area (Å²) in [5.41, 5.74) is 2.47. The first kappa shape index (κ1) is 20.1. The first-order valence-corrected chi connectivity index (χ1v) is 10.2. The number of hydrogen-bond acceptors (Lipinski definition) is 3. The highest BCUT2D eigenvalue weighted by Gasteiger charge is 2.16. The summed E-state index contributed by atoms with van der Waals surface area (Å²) >= 11 is 0. The van der Waals surface area contributed by atoms with Crippen molar-refractivity contribution in [1.29, 1.82) is 0 Å². The number of benzene rings is 2. The summed E-state index contributed by atoms with van der Waals surface area (Å²) in [7, 11) is -3.61. The van der Waals surface area contributed by atoms with E-state index in [1.54, 1.807) is 12.1 Å². The topological polar surface area (TPSA) is 75.3 Å². The lowest BCUT2D eigenvalue weighted by molar-refractivity contribution is 0.0950. The van der Waals surface area contributed by atoms with E-state index in [2.05, 4.69) is 10.0 Å². The van der Waals surface area contributed by atoms with E-state index < -0.39 is 10.0 Å². The fourth-order valence-electron chi connectivity index (χ4n) is 2.36. The van der Waals surface area contributed by atoms with Crippen molar-refractivity contribution in [3.8, 4) is 0 Å². The van der Waals surface area contributed by atoms with Crippen LogP contribution in [0.25, 0.3) is 0 Å². The lowest BCUT2D eigenvalue weighted by Crippen LogP contribution is -2.27.